The molecule has 0 aliphatic carbocycles. The number of piperidine rings is 1. The predicted molar refractivity (Wildman–Crippen MR) is 130 cm³/mol. The van der Waals surface area contributed by atoms with E-state index in [9.17, 15) is 18.0 Å². The van der Waals surface area contributed by atoms with Gasteiger partial charge in [0.1, 0.15) is 0 Å². The van der Waals surface area contributed by atoms with Crippen molar-refractivity contribution >= 4 is 32.7 Å². The maximum absolute atomic E-state index is 13.0. The first kappa shape index (κ1) is 24.2. The highest BCUT2D eigenvalue weighted by Crippen LogP contribution is 2.26. The van der Waals surface area contributed by atoms with Gasteiger partial charge < -0.3 is 9.72 Å². The number of aromatic amines is 1. The number of hydrogen-bond acceptors (Lipinski definition) is 5. The summed E-state index contributed by atoms with van der Waals surface area (Å²) < 4.78 is 32.7. The number of para-hydroxylation sites is 1. The number of benzene rings is 2. The lowest BCUT2D eigenvalue weighted by molar-refractivity contribution is -0.148. The number of esters is 1. The number of ketones is 1. The molecule has 0 amide bonds. The van der Waals surface area contributed by atoms with Crippen LogP contribution in [-0.2, 0) is 26.0 Å². The van der Waals surface area contributed by atoms with Crippen molar-refractivity contribution in [3.63, 3.8) is 0 Å². The summed E-state index contributed by atoms with van der Waals surface area (Å²) in [6.45, 7) is 6.03. The summed E-state index contributed by atoms with van der Waals surface area (Å²) in [6, 6.07) is 10.9. The van der Waals surface area contributed by atoms with E-state index in [1.165, 1.54) is 4.31 Å². The van der Waals surface area contributed by atoms with E-state index in [0.29, 0.717) is 18.4 Å². The largest absolute Gasteiger partial charge is 0.457 e. The van der Waals surface area contributed by atoms with E-state index >= 15 is 0 Å². The molecule has 2 heterocycles. The average Bonchev–Trinajstić information content (AvgIpc) is 3.28. The number of hydrogen-bond donors (Lipinski definition) is 1. The van der Waals surface area contributed by atoms with Crippen LogP contribution in [0.1, 0.15) is 46.8 Å². The fourth-order valence-electron chi connectivity index (χ4n) is 4.43. The van der Waals surface area contributed by atoms with Crippen molar-refractivity contribution in [3.05, 3.63) is 64.8 Å². The lowest BCUT2D eigenvalue weighted by Gasteiger charge is -2.30. The van der Waals surface area contributed by atoms with E-state index in [2.05, 4.69) is 11.9 Å². The fourth-order valence-corrected chi connectivity index (χ4v) is 5.99. The van der Waals surface area contributed by atoms with E-state index in [1.807, 2.05) is 32.0 Å². The Labute approximate surface area is 200 Å². The predicted octanol–water partition coefficient (Wildman–Crippen LogP) is 4.17. The Morgan fingerprint density at radius 2 is 1.82 bits per heavy atom. The maximum atomic E-state index is 13.0. The summed E-state index contributed by atoms with van der Waals surface area (Å²) in [5.74, 6) is -1.14. The number of Topliss-reactive ketones (excluding diaryl/α,β-unsaturated/α-hetero) is 1. The van der Waals surface area contributed by atoms with Crippen molar-refractivity contribution in [1.29, 1.82) is 0 Å². The highest BCUT2D eigenvalue weighted by atomic mass is 32.2. The Bertz CT molecular complexity index is 1330. The van der Waals surface area contributed by atoms with Gasteiger partial charge in [0.05, 0.1) is 10.8 Å². The lowest BCUT2D eigenvalue weighted by atomic mass is 9.98. The first-order valence-electron chi connectivity index (χ1n) is 11.6. The molecule has 0 spiro atoms. The van der Waals surface area contributed by atoms with Gasteiger partial charge in [-0.25, -0.2) is 8.42 Å². The number of H-pyrrole nitrogens is 1. The van der Waals surface area contributed by atoms with Crippen molar-refractivity contribution in [2.45, 2.75) is 44.9 Å². The zero-order valence-electron chi connectivity index (χ0n) is 19.8. The molecule has 180 valence electrons. The Morgan fingerprint density at radius 3 is 2.50 bits per heavy atom. The van der Waals surface area contributed by atoms with E-state index in [4.69, 9.17) is 4.74 Å². The molecular formula is C26H30N2O5S. The van der Waals surface area contributed by atoms with Gasteiger partial charge in [0.15, 0.2) is 6.61 Å². The molecule has 1 N–H and O–H groups in total. The van der Waals surface area contributed by atoms with Crippen molar-refractivity contribution in [1.82, 2.24) is 9.29 Å². The number of fused-ring (bicyclic) bond motifs is 1. The summed E-state index contributed by atoms with van der Waals surface area (Å²) >= 11 is 0. The molecule has 34 heavy (non-hydrogen) atoms. The number of sulfonamides is 1. The molecule has 7 nitrogen and oxygen atoms in total. The van der Waals surface area contributed by atoms with Crippen LogP contribution >= 0.6 is 0 Å². The first-order valence-corrected chi connectivity index (χ1v) is 13.0. The molecule has 2 aromatic carbocycles. The number of aryl methyl sites for hydroxylation is 3. The standard InChI is InChI=1S/C26H30N2O5S/c1-4-19-6-5-7-22-23(15-27-25(19)22)24(29)16-33-26(30)20-10-12-28(13-11-20)34(31,32)21-9-8-17(2)18(3)14-21/h5-9,14-15,20,27H,4,10-13,16H2,1-3H3. The molecule has 1 aliphatic rings. The van der Waals surface area contributed by atoms with Crippen molar-refractivity contribution in [2.75, 3.05) is 19.7 Å². The van der Waals surface area contributed by atoms with Crippen molar-refractivity contribution in [3.8, 4) is 0 Å². The van der Waals surface area contributed by atoms with Gasteiger partial charge in [0.25, 0.3) is 0 Å². The number of carbonyl (C=O) groups excluding carboxylic acids is 2. The number of rotatable bonds is 7. The van der Waals surface area contributed by atoms with Gasteiger partial charge in [-0.3, -0.25) is 9.59 Å². The molecule has 0 bridgehead atoms. The molecular weight excluding hydrogens is 452 g/mol. The highest BCUT2D eigenvalue weighted by Gasteiger charge is 2.33. The van der Waals surface area contributed by atoms with Gasteiger partial charge >= 0.3 is 5.97 Å². The van der Waals surface area contributed by atoms with Gasteiger partial charge in [0.2, 0.25) is 15.8 Å². The van der Waals surface area contributed by atoms with Crippen molar-refractivity contribution in [2.24, 2.45) is 5.92 Å². The Hall–Kier alpha value is -2.97. The third-order valence-corrected chi connectivity index (χ3v) is 8.63. The van der Waals surface area contributed by atoms with Crippen LogP contribution in [0.15, 0.2) is 47.5 Å². The van der Waals surface area contributed by atoms with Crippen LogP contribution in [-0.4, -0.2) is 49.2 Å². The van der Waals surface area contributed by atoms with E-state index in [0.717, 1.165) is 34.0 Å². The second kappa shape index (κ2) is 9.72. The van der Waals surface area contributed by atoms with Gasteiger partial charge in [-0.05, 0) is 61.9 Å². The number of aromatic nitrogens is 1. The zero-order valence-corrected chi connectivity index (χ0v) is 20.6. The van der Waals surface area contributed by atoms with Crippen LogP contribution in [0.2, 0.25) is 0 Å². The summed E-state index contributed by atoms with van der Waals surface area (Å²) in [6.07, 6.45) is 3.24. The molecule has 1 saturated heterocycles. The molecule has 3 aromatic rings. The fraction of sp³-hybridized carbons (Fsp3) is 0.385. The van der Waals surface area contributed by atoms with Crippen LogP contribution in [0.3, 0.4) is 0 Å². The Kier molecular flexibility index (Phi) is 6.91. The van der Waals surface area contributed by atoms with Crippen LogP contribution in [0.25, 0.3) is 10.9 Å². The number of nitrogens with zero attached hydrogens (tertiary/aromatic N) is 1. The molecule has 8 heteroatoms. The molecule has 1 aromatic heterocycles. The minimum atomic E-state index is -3.61. The molecule has 0 radical (unpaired) electrons. The maximum Gasteiger partial charge on any atom is 0.309 e. The van der Waals surface area contributed by atoms with Crippen LogP contribution in [0.5, 0.6) is 0 Å². The Balaban J connectivity index is 1.34. The van der Waals surface area contributed by atoms with Crippen LogP contribution in [0.4, 0.5) is 0 Å². The second-order valence-electron chi connectivity index (χ2n) is 8.85. The summed E-state index contributed by atoms with van der Waals surface area (Å²) in [5.41, 5.74) is 4.51. The molecule has 4 rings (SSSR count). The summed E-state index contributed by atoms with van der Waals surface area (Å²) in [7, 11) is -3.61. The molecule has 1 fully saturated rings. The quantitative estimate of drug-likeness (QED) is 0.403. The van der Waals surface area contributed by atoms with Crippen LogP contribution in [0, 0.1) is 19.8 Å². The van der Waals surface area contributed by atoms with E-state index in [1.54, 1.807) is 24.4 Å². The number of ether oxygens (including phenoxy) is 1. The monoisotopic (exact) mass is 482 g/mol. The molecule has 0 unspecified atom stereocenters. The van der Waals surface area contributed by atoms with E-state index in [-0.39, 0.29) is 30.4 Å². The minimum absolute atomic E-state index is 0.241. The van der Waals surface area contributed by atoms with Crippen molar-refractivity contribution < 1.29 is 22.7 Å². The first-order chi connectivity index (χ1) is 16.2. The Morgan fingerprint density at radius 1 is 1.09 bits per heavy atom. The SMILES string of the molecule is CCc1cccc2c(C(=O)COC(=O)C3CCN(S(=O)(=O)c4ccc(C)c(C)c4)CC3)c[nH]c12. The normalized spacial score (nSPS) is 15.5. The zero-order chi connectivity index (χ0) is 24.5. The third-order valence-electron chi connectivity index (χ3n) is 6.73. The van der Waals surface area contributed by atoms with Gasteiger partial charge in [-0.2, -0.15) is 4.31 Å². The minimum Gasteiger partial charge on any atom is -0.457 e. The van der Waals surface area contributed by atoms with Gasteiger partial charge in [-0.1, -0.05) is 31.2 Å². The van der Waals surface area contributed by atoms with Crippen LogP contribution < -0.4 is 0 Å². The third kappa shape index (κ3) is 4.65. The summed E-state index contributed by atoms with van der Waals surface area (Å²) in [5, 5.41) is 0.824. The van der Waals surface area contributed by atoms with Gasteiger partial charge in [0, 0.05) is 35.8 Å². The smallest absolute Gasteiger partial charge is 0.309 e. The highest BCUT2D eigenvalue weighted by molar-refractivity contribution is 7.89. The average molecular weight is 483 g/mol. The molecule has 1 aliphatic heterocycles. The molecule has 0 saturated carbocycles. The number of nitrogens with one attached hydrogen (secondary N) is 1. The number of carbonyl (C=O) groups is 2. The van der Waals surface area contributed by atoms with E-state index < -0.39 is 21.9 Å². The lowest BCUT2D eigenvalue weighted by Crippen LogP contribution is -2.40. The summed E-state index contributed by atoms with van der Waals surface area (Å²) in [4.78, 5) is 28.7. The topological polar surface area (TPSA) is 96.5 Å². The van der Waals surface area contributed by atoms with Gasteiger partial charge in [-0.15, -0.1) is 0 Å². The second-order valence-corrected chi connectivity index (χ2v) is 10.8. The molecule has 0 atom stereocenters.